The second-order valence-electron chi connectivity index (χ2n) is 17.1. The molecule has 5 N–H and O–H groups in total. The molecule has 0 fully saturated rings. The number of aromatic nitrogens is 1. The molecule has 0 spiro atoms. The van der Waals surface area contributed by atoms with Crippen molar-refractivity contribution in [1.82, 2.24) is 15.2 Å². The number of aliphatic hydroxyl groups excluding tert-OH is 2. The van der Waals surface area contributed by atoms with Crippen molar-refractivity contribution in [2.24, 2.45) is 0 Å². The monoisotopic (exact) mass is 865 g/mol. The first-order chi connectivity index (χ1) is 30.6. The molecule has 342 valence electrons. The van der Waals surface area contributed by atoms with Crippen molar-refractivity contribution >= 4 is 23.4 Å². The number of para-hydroxylation sites is 1. The van der Waals surface area contributed by atoms with E-state index in [0.29, 0.717) is 35.3 Å². The van der Waals surface area contributed by atoms with Crippen LogP contribution in [0, 0.1) is 5.82 Å². The third kappa shape index (κ3) is 17.9. The van der Waals surface area contributed by atoms with Gasteiger partial charge in [-0.15, -0.1) is 0 Å². The average Bonchev–Trinajstić information content (AvgIpc) is 3.62. The molecule has 0 bridgehead atoms. The number of benzene rings is 3. The Morgan fingerprint density at radius 3 is 1.87 bits per heavy atom. The minimum atomic E-state index is -1.09. The van der Waals surface area contributed by atoms with E-state index < -0.39 is 12.2 Å². The lowest BCUT2D eigenvalue weighted by molar-refractivity contribution is -0.124. The molecule has 3 amide bonds. The number of halogens is 1. The summed E-state index contributed by atoms with van der Waals surface area (Å²) in [6.07, 6.45) is 18.7. The van der Waals surface area contributed by atoms with E-state index in [4.69, 9.17) is 0 Å². The van der Waals surface area contributed by atoms with Gasteiger partial charge in [-0.25, -0.2) is 4.39 Å². The van der Waals surface area contributed by atoms with Gasteiger partial charge in [0.15, 0.2) is 0 Å². The molecule has 1 heterocycles. The van der Waals surface area contributed by atoms with Crippen molar-refractivity contribution in [1.29, 1.82) is 0 Å². The van der Waals surface area contributed by atoms with E-state index in [9.17, 15) is 29.0 Å². The molecule has 0 aliphatic carbocycles. The first kappa shape index (κ1) is 50.6. The molecule has 9 nitrogen and oxygen atoms in total. The number of hydrogen-bond donors (Lipinski definition) is 5. The fraction of sp³-hybridized carbons (Fsp3) is 0.491. The van der Waals surface area contributed by atoms with Crippen LogP contribution in [0.15, 0.2) is 97.1 Å². The summed E-state index contributed by atoms with van der Waals surface area (Å²) < 4.78 is 16.3. The highest BCUT2D eigenvalue weighted by Crippen LogP contribution is 2.42. The standard InChI is InChI=1S/C53H73FN4O5/c1-4-5-6-7-8-9-10-11-12-13-14-15-16-17-24-29-47(61)55-35-36-56-48(62)39-46(60)38-45(59)34-37-58-51(40(2)3)50(53(63)57-44-27-22-19-23-28-44)49(41-25-20-18-21-26-41)52(58)42-30-32-43(54)33-31-42/h11-12,18-23,25-28,30-33,40,45-46,59-60H,4-10,13-17,24,29,34-39H2,1-3H3,(H,55,61)(H,56,62)(H,57,63). The zero-order chi connectivity index (χ0) is 45.2. The SMILES string of the molecule is CCCCCCCCC=CCCCCCCCC(=O)NCCNC(=O)CC(O)CC(O)CCn1c(-c2ccc(F)cc2)c(-c2ccccc2)c(C(=O)Nc2ccccc2)c1C(C)C. The number of nitrogens with one attached hydrogen (secondary N) is 3. The minimum absolute atomic E-state index is 0.0306. The normalized spacial score (nSPS) is 12.4. The molecule has 3 aromatic carbocycles. The highest BCUT2D eigenvalue weighted by Gasteiger charge is 2.31. The fourth-order valence-corrected chi connectivity index (χ4v) is 8.14. The van der Waals surface area contributed by atoms with Crippen molar-refractivity contribution in [3.63, 3.8) is 0 Å². The minimum Gasteiger partial charge on any atom is -0.393 e. The number of carbonyl (C=O) groups is 3. The van der Waals surface area contributed by atoms with E-state index in [1.807, 2.05) is 79.1 Å². The molecule has 0 aliphatic heterocycles. The lowest BCUT2D eigenvalue weighted by Gasteiger charge is -2.20. The summed E-state index contributed by atoms with van der Waals surface area (Å²) in [6.45, 7) is 7.11. The Kier molecular flexibility index (Phi) is 23.0. The highest BCUT2D eigenvalue weighted by molar-refractivity contribution is 6.12. The Morgan fingerprint density at radius 2 is 1.25 bits per heavy atom. The van der Waals surface area contributed by atoms with Crippen molar-refractivity contribution < 1.29 is 29.0 Å². The van der Waals surface area contributed by atoms with Gasteiger partial charge in [0.1, 0.15) is 5.82 Å². The number of hydrogen-bond acceptors (Lipinski definition) is 5. The van der Waals surface area contributed by atoms with Gasteiger partial charge in [-0.2, -0.15) is 0 Å². The maximum absolute atomic E-state index is 14.3. The Balaban J connectivity index is 1.24. The maximum atomic E-state index is 14.3. The number of rotatable bonds is 30. The Hall–Kier alpha value is -5.06. The predicted octanol–water partition coefficient (Wildman–Crippen LogP) is 11.5. The van der Waals surface area contributed by atoms with Gasteiger partial charge in [0.25, 0.3) is 5.91 Å². The van der Waals surface area contributed by atoms with E-state index in [0.717, 1.165) is 42.6 Å². The average molecular weight is 865 g/mol. The molecular formula is C53H73FN4O5. The van der Waals surface area contributed by atoms with Gasteiger partial charge < -0.3 is 30.7 Å². The second kappa shape index (κ2) is 28.6. The van der Waals surface area contributed by atoms with Gasteiger partial charge in [-0.1, -0.05) is 133 Å². The van der Waals surface area contributed by atoms with Crippen LogP contribution in [0.5, 0.6) is 0 Å². The van der Waals surface area contributed by atoms with Crippen LogP contribution in [-0.4, -0.2) is 57.8 Å². The topological polar surface area (TPSA) is 133 Å². The molecule has 1 aromatic heterocycles. The first-order valence-electron chi connectivity index (χ1n) is 23.6. The summed E-state index contributed by atoms with van der Waals surface area (Å²) >= 11 is 0. The van der Waals surface area contributed by atoms with Gasteiger partial charge in [-0.3, -0.25) is 14.4 Å². The van der Waals surface area contributed by atoms with Crippen LogP contribution in [0.25, 0.3) is 22.4 Å². The summed E-state index contributed by atoms with van der Waals surface area (Å²) in [5.74, 6) is -1.19. The van der Waals surface area contributed by atoms with Gasteiger partial charge in [0.2, 0.25) is 11.8 Å². The van der Waals surface area contributed by atoms with Gasteiger partial charge in [-0.05, 0) is 98.4 Å². The molecule has 0 saturated carbocycles. The number of unbranched alkanes of at least 4 members (excludes halogenated alkanes) is 11. The quantitative estimate of drug-likeness (QED) is 0.0263. The smallest absolute Gasteiger partial charge is 0.258 e. The number of aliphatic hydroxyl groups is 2. The van der Waals surface area contributed by atoms with Crippen molar-refractivity contribution in [2.45, 2.75) is 155 Å². The number of anilines is 1. The largest absolute Gasteiger partial charge is 0.393 e. The molecule has 4 aromatic rings. The Labute approximate surface area is 376 Å². The van der Waals surface area contributed by atoms with Crippen molar-refractivity contribution in [3.05, 3.63) is 114 Å². The predicted molar refractivity (Wildman–Crippen MR) is 255 cm³/mol. The fourth-order valence-electron chi connectivity index (χ4n) is 8.14. The highest BCUT2D eigenvalue weighted by atomic mass is 19.1. The van der Waals surface area contributed by atoms with E-state index in [1.54, 1.807) is 12.1 Å². The van der Waals surface area contributed by atoms with Crippen LogP contribution in [-0.2, 0) is 16.1 Å². The Bertz CT molecular complexity index is 1960. The zero-order valence-electron chi connectivity index (χ0n) is 38.1. The third-order valence-corrected chi connectivity index (χ3v) is 11.4. The summed E-state index contributed by atoms with van der Waals surface area (Å²) in [6, 6.07) is 25.0. The second-order valence-corrected chi connectivity index (χ2v) is 17.1. The molecule has 63 heavy (non-hydrogen) atoms. The summed E-state index contributed by atoms with van der Waals surface area (Å²) in [7, 11) is 0. The van der Waals surface area contributed by atoms with Gasteiger partial charge in [0, 0.05) is 43.0 Å². The lowest BCUT2D eigenvalue weighted by atomic mass is 9.94. The molecular weight excluding hydrogens is 792 g/mol. The van der Waals surface area contributed by atoms with E-state index in [1.165, 1.54) is 69.9 Å². The van der Waals surface area contributed by atoms with Crippen LogP contribution in [0.2, 0.25) is 0 Å². The third-order valence-electron chi connectivity index (χ3n) is 11.4. The van der Waals surface area contributed by atoms with E-state index in [-0.39, 0.29) is 61.8 Å². The van der Waals surface area contributed by atoms with Crippen LogP contribution in [0.1, 0.15) is 152 Å². The number of nitrogens with zero attached hydrogens (tertiary/aromatic N) is 1. The molecule has 0 saturated heterocycles. The molecule has 0 aliphatic rings. The number of carbonyl (C=O) groups excluding carboxylic acids is 3. The maximum Gasteiger partial charge on any atom is 0.258 e. The summed E-state index contributed by atoms with van der Waals surface area (Å²) in [5, 5.41) is 30.7. The zero-order valence-corrected chi connectivity index (χ0v) is 38.1. The molecule has 2 unspecified atom stereocenters. The number of allylic oxidation sites excluding steroid dienone is 2. The van der Waals surface area contributed by atoms with Crippen molar-refractivity contribution in [3.8, 4) is 22.4 Å². The van der Waals surface area contributed by atoms with Gasteiger partial charge >= 0.3 is 0 Å². The Morgan fingerprint density at radius 1 is 0.683 bits per heavy atom. The molecule has 2 atom stereocenters. The van der Waals surface area contributed by atoms with Crippen LogP contribution in [0.4, 0.5) is 10.1 Å². The molecule has 10 heteroatoms. The van der Waals surface area contributed by atoms with Crippen LogP contribution >= 0.6 is 0 Å². The van der Waals surface area contributed by atoms with Crippen LogP contribution in [0.3, 0.4) is 0 Å². The molecule has 4 rings (SSSR count). The first-order valence-corrected chi connectivity index (χ1v) is 23.6. The molecule has 0 radical (unpaired) electrons. The summed E-state index contributed by atoms with van der Waals surface area (Å²) in [4.78, 5) is 39.3. The summed E-state index contributed by atoms with van der Waals surface area (Å²) in [5.41, 5.74) is 4.84. The lowest BCUT2D eigenvalue weighted by Crippen LogP contribution is -2.36. The van der Waals surface area contributed by atoms with E-state index in [2.05, 4.69) is 35.0 Å². The van der Waals surface area contributed by atoms with Gasteiger partial charge in [0.05, 0.1) is 29.9 Å². The number of amides is 3. The van der Waals surface area contributed by atoms with Crippen molar-refractivity contribution in [2.75, 3.05) is 18.4 Å². The van der Waals surface area contributed by atoms with Crippen LogP contribution < -0.4 is 16.0 Å². The van der Waals surface area contributed by atoms with E-state index >= 15 is 0 Å².